The molecular formula is C14H10ClF4NO. The molecular weight excluding hydrogens is 310 g/mol. The van der Waals surface area contributed by atoms with Gasteiger partial charge in [0.1, 0.15) is 5.82 Å². The van der Waals surface area contributed by atoms with Crippen molar-refractivity contribution in [1.82, 2.24) is 4.98 Å². The normalized spacial score (nSPS) is 13.2. The van der Waals surface area contributed by atoms with E-state index >= 15 is 0 Å². The Bertz CT molecular complexity index is 645. The van der Waals surface area contributed by atoms with Gasteiger partial charge in [0.2, 0.25) is 0 Å². The quantitative estimate of drug-likeness (QED) is 0.861. The van der Waals surface area contributed by atoms with Crippen molar-refractivity contribution in [3.05, 3.63) is 64.2 Å². The first kappa shape index (κ1) is 15.7. The van der Waals surface area contributed by atoms with Crippen molar-refractivity contribution in [2.45, 2.75) is 18.7 Å². The molecule has 1 aromatic heterocycles. The SMILES string of the molecule is OC(Cc1ccncc1Cl)c1cc(F)cc(C(F)(F)F)c1. The zero-order chi connectivity index (χ0) is 15.6. The third-order valence-electron chi connectivity index (χ3n) is 2.90. The van der Waals surface area contributed by atoms with E-state index in [1.54, 1.807) is 0 Å². The van der Waals surface area contributed by atoms with Gasteiger partial charge in [-0.3, -0.25) is 4.98 Å². The topological polar surface area (TPSA) is 33.1 Å². The molecule has 0 amide bonds. The summed E-state index contributed by atoms with van der Waals surface area (Å²) in [6.07, 6.45) is -3.22. The lowest BCUT2D eigenvalue weighted by molar-refractivity contribution is -0.137. The van der Waals surface area contributed by atoms with Gasteiger partial charge in [0.05, 0.1) is 16.7 Å². The predicted octanol–water partition coefficient (Wildman–Crippen LogP) is 4.17. The fraction of sp³-hybridized carbons (Fsp3) is 0.214. The van der Waals surface area contributed by atoms with Gasteiger partial charge in [-0.1, -0.05) is 11.6 Å². The summed E-state index contributed by atoms with van der Waals surface area (Å²) in [5, 5.41) is 10.3. The number of aliphatic hydroxyl groups is 1. The summed E-state index contributed by atoms with van der Waals surface area (Å²) in [7, 11) is 0. The maximum absolute atomic E-state index is 13.3. The van der Waals surface area contributed by atoms with Gasteiger partial charge in [-0.2, -0.15) is 13.2 Å². The van der Waals surface area contributed by atoms with Crippen molar-refractivity contribution < 1.29 is 22.7 Å². The minimum atomic E-state index is -4.68. The number of hydrogen-bond donors (Lipinski definition) is 1. The Kier molecular flexibility index (Phi) is 4.49. The van der Waals surface area contributed by atoms with Crippen molar-refractivity contribution in [3.8, 4) is 0 Å². The van der Waals surface area contributed by atoms with Gasteiger partial charge >= 0.3 is 6.18 Å². The van der Waals surface area contributed by atoms with Crippen molar-refractivity contribution in [2.24, 2.45) is 0 Å². The van der Waals surface area contributed by atoms with Crippen LogP contribution in [0.4, 0.5) is 17.6 Å². The van der Waals surface area contributed by atoms with Crippen molar-refractivity contribution >= 4 is 11.6 Å². The number of halogens is 5. The number of rotatable bonds is 3. The lowest BCUT2D eigenvalue weighted by atomic mass is 10.00. The first-order chi connectivity index (χ1) is 9.77. The zero-order valence-electron chi connectivity index (χ0n) is 10.5. The minimum absolute atomic E-state index is 0.0396. The molecule has 112 valence electrons. The van der Waals surface area contributed by atoms with Crippen molar-refractivity contribution in [3.63, 3.8) is 0 Å². The van der Waals surface area contributed by atoms with Gasteiger partial charge in [0.25, 0.3) is 0 Å². The Hall–Kier alpha value is -1.66. The number of nitrogens with zero attached hydrogens (tertiary/aromatic N) is 1. The Morgan fingerprint density at radius 2 is 1.95 bits per heavy atom. The average Bonchev–Trinajstić information content (AvgIpc) is 2.39. The van der Waals surface area contributed by atoms with Crippen LogP contribution in [0, 0.1) is 5.82 Å². The van der Waals surface area contributed by atoms with Crippen LogP contribution in [0.5, 0.6) is 0 Å². The van der Waals surface area contributed by atoms with E-state index in [4.69, 9.17) is 11.6 Å². The molecule has 0 radical (unpaired) electrons. The van der Waals surface area contributed by atoms with Crippen LogP contribution in [0.3, 0.4) is 0 Å². The summed E-state index contributed by atoms with van der Waals surface area (Å²) >= 11 is 5.86. The molecule has 2 aromatic rings. The van der Waals surface area contributed by atoms with E-state index in [0.29, 0.717) is 11.6 Å². The molecule has 0 aliphatic carbocycles. The molecule has 1 atom stereocenters. The molecule has 0 spiro atoms. The second kappa shape index (κ2) is 5.99. The number of alkyl halides is 3. The summed E-state index contributed by atoms with van der Waals surface area (Å²) in [6.45, 7) is 0. The van der Waals surface area contributed by atoms with Crippen LogP contribution in [0.15, 0.2) is 36.7 Å². The molecule has 1 unspecified atom stereocenters. The molecule has 7 heteroatoms. The Labute approximate surface area is 123 Å². The van der Waals surface area contributed by atoms with E-state index in [0.717, 1.165) is 12.1 Å². The van der Waals surface area contributed by atoms with Gasteiger partial charge in [-0.25, -0.2) is 4.39 Å². The Morgan fingerprint density at radius 3 is 2.57 bits per heavy atom. The smallest absolute Gasteiger partial charge is 0.388 e. The van der Waals surface area contributed by atoms with Crippen molar-refractivity contribution in [2.75, 3.05) is 0 Å². The molecule has 0 bridgehead atoms. The second-order valence-electron chi connectivity index (χ2n) is 4.46. The number of hydrogen-bond acceptors (Lipinski definition) is 2. The van der Waals surface area contributed by atoms with Crippen LogP contribution in [-0.4, -0.2) is 10.1 Å². The molecule has 0 aliphatic heterocycles. The number of aromatic nitrogens is 1. The van der Waals surface area contributed by atoms with E-state index in [1.807, 2.05) is 0 Å². The van der Waals surface area contributed by atoms with E-state index < -0.39 is 23.7 Å². The lowest BCUT2D eigenvalue weighted by Gasteiger charge is -2.15. The lowest BCUT2D eigenvalue weighted by Crippen LogP contribution is -2.09. The molecule has 2 rings (SSSR count). The molecule has 1 heterocycles. The first-order valence-corrected chi connectivity index (χ1v) is 6.29. The van der Waals surface area contributed by atoms with Crippen LogP contribution in [0.2, 0.25) is 5.02 Å². The molecule has 21 heavy (non-hydrogen) atoms. The van der Waals surface area contributed by atoms with Gasteiger partial charge < -0.3 is 5.11 Å². The molecule has 0 aliphatic rings. The van der Waals surface area contributed by atoms with Crippen molar-refractivity contribution in [1.29, 1.82) is 0 Å². The highest BCUT2D eigenvalue weighted by Crippen LogP contribution is 2.32. The van der Waals surface area contributed by atoms with Gasteiger partial charge in [0.15, 0.2) is 0 Å². The number of pyridine rings is 1. The third-order valence-corrected chi connectivity index (χ3v) is 3.24. The van der Waals surface area contributed by atoms with E-state index in [-0.39, 0.29) is 17.0 Å². The maximum atomic E-state index is 13.3. The summed E-state index contributed by atoms with van der Waals surface area (Å²) in [5.41, 5.74) is -0.787. The highest BCUT2D eigenvalue weighted by atomic mass is 35.5. The monoisotopic (exact) mass is 319 g/mol. The molecule has 0 fully saturated rings. The number of benzene rings is 1. The summed E-state index contributed by atoms with van der Waals surface area (Å²) in [5.74, 6) is -1.06. The van der Waals surface area contributed by atoms with E-state index in [1.165, 1.54) is 18.5 Å². The second-order valence-corrected chi connectivity index (χ2v) is 4.87. The maximum Gasteiger partial charge on any atom is 0.416 e. The minimum Gasteiger partial charge on any atom is -0.388 e. The zero-order valence-corrected chi connectivity index (χ0v) is 11.3. The molecule has 0 saturated heterocycles. The Morgan fingerprint density at radius 1 is 1.24 bits per heavy atom. The van der Waals surface area contributed by atoms with E-state index in [2.05, 4.69) is 4.98 Å². The van der Waals surface area contributed by atoms with Crippen LogP contribution in [0.1, 0.15) is 22.8 Å². The predicted molar refractivity (Wildman–Crippen MR) is 69.3 cm³/mol. The molecule has 2 nitrogen and oxygen atoms in total. The highest BCUT2D eigenvalue weighted by Gasteiger charge is 2.32. The summed E-state index contributed by atoms with van der Waals surface area (Å²) < 4.78 is 51.2. The number of aliphatic hydroxyl groups excluding tert-OH is 1. The third kappa shape index (κ3) is 3.92. The fourth-order valence-corrected chi connectivity index (χ4v) is 2.06. The van der Waals surface area contributed by atoms with Crippen LogP contribution < -0.4 is 0 Å². The first-order valence-electron chi connectivity index (χ1n) is 5.91. The summed E-state index contributed by atoms with van der Waals surface area (Å²) in [4.78, 5) is 3.76. The highest BCUT2D eigenvalue weighted by molar-refractivity contribution is 6.31. The summed E-state index contributed by atoms with van der Waals surface area (Å²) in [6, 6.07) is 3.52. The van der Waals surface area contributed by atoms with Crippen LogP contribution >= 0.6 is 11.6 Å². The van der Waals surface area contributed by atoms with Crippen LogP contribution in [0.25, 0.3) is 0 Å². The van der Waals surface area contributed by atoms with Gasteiger partial charge in [0, 0.05) is 18.8 Å². The molecule has 0 saturated carbocycles. The molecule has 1 N–H and O–H groups in total. The standard InChI is InChI=1S/C14H10ClF4NO/c15-12-7-20-2-1-8(12)5-13(21)9-3-10(14(17,18)19)6-11(16)4-9/h1-4,6-7,13,21H,5H2. The van der Waals surface area contributed by atoms with Crippen LogP contribution in [-0.2, 0) is 12.6 Å². The average molecular weight is 320 g/mol. The fourth-order valence-electron chi connectivity index (χ4n) is 1.86. The largest absolute Gasteiger partial charge is 0.416 e. The Balaban J connectivity index is 2.29. The molecule has 1 aromatic carbocycles. The van der Waals surface area contributed by atoms with Gasteiger partial charge in [-0.05, 0) is 35.4 Å². The van der Waals surface area contributed by atoms with E-state index in [9.17, 15) is 22.7 Å². The van der Waals surface area contributed by atoms with Gasteiger partial charge in [-0.15, -0.1) is 0 Å².